The molecule has 1 aliphatic carbocycles. The number of aromatic nitrogens is 1. The minimum Gasteiger partial charge on any atom is -0.399 e. The van der Waals surface area contributed by atoms with Gasteiger partial charge >= 0.3 is 7.12 Å². The molecule has 0 atom stereocenters. The molecule has 8 aromatic rings. The van der Waals surface area contributed by atoms with Crippen LogP contribution in [0.5, 0.6) is 0 Å². The van der Waals surface area contributed by atoms with E-state index in [1.54, 1.807) is 0 Å². The maximum absolute atomic E-state index is 6.63. The number of hydrogen-bond donors (Lipinski definition) is 0. The van der Waals surface area contributed by atoms with Crippen molar-refractivity contribution in [2.75, 3.05) is 0 Å². The topological polar surface area (TPSA) is 23.4 Å². The lowest BCUT2D eigenvalue weighted by Crippen LogP contribution is -2.41. The first-order chi connectivity index (χ1) is 27.2. The van der Waals surface area contributed by atoms with Gasteiger partial charge in [-0.05, 0) is 108 Å². The third-order valence-corrected chi connectivity index (χ3v) is 12.8. The van der Waals surface area contributed by atoms with Crippen molar-refractivity contribution < 1.29 is 9.31 Å². The van der Waals surface area contributed by atoms with Gasteiger partial charge in [0.25, 0.3) is 0 Å². The highest BCUT2D eigenvalue weighted by atomic mass is 16.7. The Morgan fingerprint density at radius 3 is 1.86 bits per heavy atom. The fourth-order valence-corrected chi connectivity index (χ4v) is 9.57. The molecule has 0 amide bonds. The molecule has 2 heterocycles. The Bertz CT molecular complexity index is 2840. The number of rotatable bonds is 6. The number of nitrogens with zero attached hydrogens (tertiary/aromatic N) is 1. The number of benzene rings is 7. The van der Waals surface area contributed by atoms with E-state index >= 15 is 0 Å². The highest BCUT2D eigenvalue weighted by Gasteiger charge is 2.52. The molecule has 10 rings (SSSR count). The summed E-state index contributed by atoms with van der Waals surface area (Å²) in [5, 5.41) is 4.74. The van der Waals surface area contributed by atoms with Crippen LogP contribution < -0.4 is 5.46 Å². The normalized spacial score (nSPS) is 16.6. The van der Waals surface area contributed by atoms with Gasteiger partial charge in [-0.3, -0.25) is 0 Å². The first-order valence-electron chi connectivity index (χ1n) is 19.7. The Kier molecular flexibility index (Phi) is 7.74. The molecule has 1 aromatic heterocycles. The highest BCUT2D eigenvalue weighted by molar-refractivity contribution is 6.62. The molecule has 3 nitrogen and oxygen atoms in total. The summed E-state index contributed by atoms with van der Waals surface area (Å²) in [4.78, 5) is 0. The third-order valence-electron chi connectivity index (χ3n) is 12.8. The monoisotopic (exact) mass is 725 g/mol. The van der Waals surface area contributed by atoms with Crippen LogP contribution in [0.3, 0.4) is 0 Å². The van der Waals surface area contributed by atoms with Gasteiger partial charge in [0, 0.05) is 21.8 Å². The molecular formula is C52H44BNO2. The standard InChI is InChI=1S/C52H44BNO2/c1-7-19-39-38(8-2)48-43-30-28-36(53-55-50(3,4)51(5,6)56-53)32-47(43)54(49(48)42-26-16-15-24-40(39)42)37-29-31-46-44(33-37)41-25-17-18-27-45(41)52(46,34-20-11-9-12-21-34)35-22-13-10-14-23-35/h7-33H,2H2,1,3-6H3/b19-7-. The summed E-state index contributed by atoms with van der Waals surface area (Å²) >= 11 is 0. The van der Waals surface area contributed by atoms with Crippen LogP contribution in [0.1, 0.15) is 68.0 Å². The van der Waals surface area contributed by atoms with Crippen LogP contribution in [0.2, 0.25) is 0 Å². The van der Waals surface area contributed by atoms with Gasteiger partial charge in [-0.1, -0.05) is 152 Å². The van der Waals surface area contributed by atoms with Gasteiger partial charge < -0.3 is 13.9 Å². The molecule has 56 heavy (non-hydrogen) atoms. The summed E-state index contributed by atoms with van der Waals surface area (Å²) in [6, 6.07) is 53.6. The summed E-state index contributed by atoms with van der Waals surface area (Å²) < 4.78 is 15.7. The van der Waals surface area contributed by atoms with Gasteiger partial charge in [0.15, 0.2) is 0 Å². The summed E-state index contributed by atoms with van der Waals surface area (Å²) in [5.74, 6) is 0. The van der Waals surface area contributed by atoms with E-state index in [1.807, 2.05) is 6.08 Å². The van der Waals surface area contributed by atoms with Gasteiger partial charge in [-0.2, -0.15) is 0 Å². The fraction of sp³-hybridized carbons (Fsp3) is 0.154. The molecule has 0 saturated carbocycles. The zero-order chi connectivity index (χ0) is 38.4. The zero-order valence-corrected chi connectivity index (χ0v) is 32.6. The average Bonchev–Trinajstić information content (AvgIpc) is 3.80. The minimum absolute atomic E-state index is 0.454. The molecule has 0 N–H and O–H groups in total. The maximum atomic E-state index is 6.63. The number of fused-ring (bicyclic) bond motifs is 8. The molecule has 1 fully saturated rings. The molecule has 2 aliphatic rings. The second kappa shape index (κ2) is 12.5. The van der Waals surface area contributed by atoms with Crippen molar-refractivity contribution in [3.63, 3.8) is 0 Å². The van der Waals surface area contributed by atoms with Crippen LogP contribution >= 0.6 is 0 Å². The Hall–Kier alpha value is -5.94. The van der Waals surface area contributed by atoms with Crippen molar-refractivity contribution in [1.29, 1.82) is 0 Å². The van der Waals surface area contributed by atoms with Crippen molar-refractivity contribution in [2.45, 2.75) is 51.2 Å². The molecule has 0 spiro atoms. The quantitative estimate of drug-likeness (QED) is 0.159. The SMILES string of the molecule is C=Cc1c(/C=C\C)c2ccccc2c2c1c1ccc(B3OC(C)(C)C(C)(C)O3)cc1n2-c1ccc2c(c1)-c1ccccc1C2(c1ccccc1)c1ccccc1. The van der Waals surface area contributed by atoms with E-state index in [9.17, 15) is 0 Å². The lowest BCUT2D eigenvalue weighted by atomic mass is 9.68. The summed E-state index contributed by atoms with van der Waals surface area (Å²) in [5.41, 5.74) is 12.9. The van der Waals surface area contributed by atoms with E-state index in [2.05, 4.69) is 204 Å². The number of hydrogen-bond acceptors (Lipinski definition) is 2. The fourth-order valence-electron chi connectivity index (χ4n) is 9.57. The van der Waals surface area contributed by atoms with Crippen LogP contribution in [0.15, 0.2) is 158 Å². The lowest BCUT2D eigenvalue weighted by molar-refractivity contribution is 0.00578. The van der Waals surface area contributed by atoms with Crippen LogP contribution in [0.25, 0.3) is 61.5 Å². The number of allylic oxidation sites excluding steroid dienone is 1. The average molecular weight is 726 g/mol. The molecule has 0 bridgehead atoms. The van der Waals surface area contributed by atoms with Crippen LogP contribution in [-0.2, 0) is 14.7 Å². The van der Waals surface area contributed by atoms with Crippen LogP contribution in [0.4, 0.5) is 0 Å². The van der Waals surface area contributed by atoms with E-state index in [-0.39, 0.29) is 0 Å². The van der Waals surface area contributed by atoms with Gasteiger partial charge in [-0.25, -0.2) is 0 Å². The minimum atomic E-state index is -0.491. The summed E-state index contributed by atoms with van der Waals surface area (Å²) in [7, 11) is -0.491. The second-order valence-corrected chi connectivity index (χ2v) is 16.3. The first-order valence-corrected chi connectivity index (χ1v) is 19.7. The van der Waals surface area contributed by atoms with Crippen molar-refractivity contribution in [2.24, 2.45) is 0 Å². The second-order valence-electron chi connectivity index (χ2n) is 16.3. The van der Waals surface area contributed by atoms with Crippen LogP contribution in [-0.4, -0.2) is 22.9 Å². The molecule has 7 aromatic carbocycles. The van der Waals surface area contributed by atoms with Gasteiger partial charge in [0.05, 0.1) is 27.7 Å². The highest BCUT2D eigenvalue weighted by Crippen LogP contribution is 2.56. The summed E-state index contributed by atoms with van der Waals surface area (Å²) in [6.07, 6.45) is 6.38. The van der Waals surface area contributed by atoms with E-state index in [0.29, 0.717) is 0 Å². The third kappa shape index (κ3) is 4.73. The Morgan fingerprint density at radius 1 is 0.589 bits per heavy atom. The molecular weight excluding hydrogens is 681 g/mol. The van der Waals surface area contributed by atoms with Crippen molar-refractivity contribution in [3.05, 3.63) is 192 Å². The van der Waals surface area contributed by atoms with E-state index in [1.165, 1.54) is 55.1 Å². The Morgan fingerprint density at radius 2 is 1.20 bits per heavy atom. The molecule has 272 valence electrons. The summed E-state index contributed by atoms with van der Waals surface area (Å²) in [6.45, 7) is 14.9. The van der Waals surface area contributed by atoms with Crippen molar-refractivity contribution in [1.82, 2.24) is 4.57 Å². The van der Waals surface area contributed by atoms with Gasteiger partial charge in [0.2, 0.25) is 0 Å². The predicted octanol–water partition coefficient (Wildman–Crippen LogP) is 12.3. The molecule has 0 unspecified atom stereocenters. The Balaban J connectivity index is 1.32. The van der Waals surface area contributed by atoms with Crippen molar-refractivity contribution >= 4 is 57.3 Å². The predicted molar refractivity (Wildman–Crippen MR) is 236 cm³/mol. The van der Waals surface area contributed by atoms with Crippen molar-refractivity contribution in [3.8, 4) is 16.8 Å². The lowest BCUT2D eigenvalue weighted by Gasteiger charge is -2.33. The van der Waals surface area contributed by atoms with E-state index in [4.69, 9.17) is 9.31 Å². The first kappa shape index (κ1) is 34.5. The van der Waals surface area contributed by atoms with Gasteiger partial charge in [-0.15, -0.1) is 0 Å². The maximum Gasteiger partial charge on any atom is 0.494 e. The van der Waals surface area contributed by atoms with Crippen LogP contribution in [0, 0.1) is 0 Å². The van der Waals surface area contributed by atoms with E-state index in [0.717, 1.165) is 33.1 Å². The molecule has 0 radical (unpaired) electrons. The molecule has 1 saturated heterocycles. The zero-order valence-electron chi connectivity index (χ0n) is 32.6. The largest absolute Gasteiger partial charge is 0.494 e. The Labute approximate surface area is 329 Å². The molecule has 4 heteroatoms. The van der Waals surface area contributed by atoms with Gasteiger partial charge in [0.1, 0.15) is 0 Å². The van der Waals surface area contributed by atoms with E-state index < -0.39 is 23.7 Å². The smallest absolute Gasteiger partial charge is 0.399 e. The molecule has 1 aliphatic heterocycles.